The zero-order chi connectivity index (χ0) is 18.1. The van der Waals surface area contributed by atoms with Crippen LogP contribution in [0.15, 0.2) is 4.79 Å². The molecule has 2 aromatic heterocycles. The molecule has 0 N–H and O–H groups in total. The molecule has 0 unspecified atom stereocenters. The van der Waals surface area contributed by atoms with E-state index in [0.717, 1.165) is 28.4 Å². The Morgan fingerprint density at radius 2 is 1.96 bits per heavy atom. The monoisotopic (exact) mass is 363 g/mol. The van der Waals surface area contributed by atoms with Crippen LogP contribution in [0.25, 0.3) is 10.2 Å². The first kappa shape index (κ1) is 18.1. The second kappa shape index (κ2) is 7.25. The largest absolute Gasteiger partial charge is 0.462 e. The highest BCUT2D eigenvalue weighted by Crippen LogP contribution is 2.26. The van der Waals surface area contributed by atoms with Gasteiger partial charge in [0.15, 0.2) is 0 Å². The van der Waals surface area contributed by atoms with Crippen molar-refractivity contribution >= 4 is 27.5 Å². The summed E-state index contributed by atoms with van der Waals surface area (Å²) in [5.74, 6) is 0.256. The Morgan fingerprint density at radius 1 is 1.28 bits per heavy atom. The summed E-state index contributed by atoms with van der Waals surface area (Å²) in [6, 6.07) is 0. The van der Waals surface area contributed by atoms with Gasteiger partial charge in [-0.2, -0.15) is 0 Å². The van der Waals surface area contributed by atoms with Crippen LogP contribution in [0.2, 0.25) is 0 Å². The van der Waals surface area contributed by atoms with E-state index in [-0.39, 0.29) is 18.2 Å². The molecule has 0 bridgehead atoms. The van der Waals surface area contributed by atoms with Crippen LogP contribution in [0, 0.1) is 13.8 Å². The third-order valence-corrected chi connectivity index (χ3v) is 5.69. The standard InChI is InChI=1S/C18H25N3O3S/c1-11(2)24-15(22)10-21-14(9-20-7-5-6-8-20)19-17-16(18(21)23)12(3)13(4)25-17/h11H,5-10H2,1-4H3. The molecule has 0 aromatic carbocycles. The van der Waals surface area contributed by atoms with E-state index in [9.17, 15) is 9.59 Å². The van der Waals surface area contributed by atoms with Crippen LogP contribution in [-0.2, 0) is 22.6 Å². The molecule has 0 radical (unpaired) electrons. The van der Waals surface area contributed by atoms with Gasteiger partial charge in [-0.05, 0) is 59.2 Å². The molecule has 1 aliphatic rings. The third-order valence-electron chi connectivity index (χ3n) is 4.59. The minimum atomic E-state index is -0.398. The molecule has 136 valence electrons. The molecule has 0 amide bonds. The maximum absolute atomic E-state index is 13.1. The normalized spacial score (nSPS) is 15.4. The minimum absolute atomic E-state index is 0.0859. The summed E-state index contributed by atoms with van der Waals surface area (Å²) in [7, 11) is 0. The van der Waals surface area contributed by atoms with E-state index >= 15 is 0 Å². The average Bonchev–Trinajstić information content (AvgIpc) is 3.12. The molecule has 6 nitrogen and oxygen atoms in total. The Morgan fingerprint density at radius 3 is 2.60 bits per heavy atom. The Kier molecular flexibility index (Phi) is 5.24. The van der Waals surface area contributed by atoms with Crippen LogP contribution < -0.4 is 5.56 Å². The number of aromatic nitrogens is 2. The lowest BCUT2D eigenvalue weighted by molar-refractivity contribution is -0.148. The van der Waals surface area contributed by atoms with Crippen LogP contribution in [-0.4, -0.2) is 39.6 Å². The SMILES string of the molecule is Cc1sc2nc(CN3CCCC3)n(CC(=O)OC(C)C)c(=O)c2c1C. The van der Waals surface area contributed by atoms with Gasteiger partial charge in [0.25, 0.3) is 5.56 Å². The summed E-state index contributed by atoms with van der Waals surface area (Å²) >= 11 is 1.54. The summed E-state index contributed by atoms with van der Waals surface area (Å²) in [6.07, 6.45) is 2.13. The molecule has 1 fully saturated rings. The first-order chi connectivity index (χ1) is 11.9. The third kappa shape index (κ3) is 3.77. The molecular weight excluding hydrogens is 338 g/mol. The molecule has 7 heteroatoms. The predicted molar refractivity (Wildman–Crippen MR) is 99.1 cm³/mol. The predicted octanol–water partition coefficient (Wildman–Crippen LogP) is 2.62. The van der Waals surface area contributed by atoms with Crippen LogP contribution in [0.1, 0.15) is 43.0 Å². The number of thiophene rings is 1. The van der Waals surface area contributed by atoms with Crippen molar-refractivity contribution in [3.8, 4) is 0 Å². The van der Waals surface area contributed by atoms with Crippen LogP contribution in [0.4, 0.5) is 0 Å². The van der Waals surface area contributed by atoms with Gasteiger partial charge >= 0.3 is 5.97 Å². The molecule has 0 atom stereocenters. The molecule has 1 aliphatic heterocycles. The number of carbonyl (C=O) groups excluding carboxylic acids is 1. The number of rotatable bonds is 5. The van der Waals surface area contributed by atoms with Gasteiger partial charge in [-0.25, -0.2) is 4.98 Å². The topological polar surface area (TPSA) is 64.4 Å². The minimum Gasteiger partial charge on any atom is -0.462 e. The average molecular weight is 363 g/mol. The highest BCUT2D eigenvalue weighted by molar-refractivity contribution is 7.18. The molecule has 2 aromatic rings. The number of likely N-dealkylation sites (tertiary alicyclic amines) is 1. The number of hydrogen-bond acceptors (Lipinski definition) is 6. The Bertz CT molecular complexity index is 847. The van der Waals surface area contributed by atoms with E-state index in [1.807, 2.05) is 13.8 Å². The van der Waals surface area contributed by atoms with Gasteiger partial charge in [0.1, 0.15) is 17.2 Å². The van der Waals surface area contributed by atoms with Gasteiger partial charge in [0.2, 0.25) is 0 Å². The quantitative estimate of drug-likeness (QED) is 0.764. The number of carbonyl (C=O) groups is 1. The van der Waals surface area contributed by atoms with Crippen molar-refractivity contribution in [3.63, 3.8) is 0 Å². The highest BCUT2D eigenvalue weighted by Gasteiger charge is 2.21. The second-order valence-electron chi connectivity index (χ2n) is 6.90. The second-order valence-corrected chi connectivity index (χ2v) is 8.11. The van der Waals surface area contributed by atoms with Crippen molar-refractivity contribution in [2.45, 2.75) is 59.7 Å². The maximum Gasteiger partial charge on any atom is 0.326 e. The summed E-state index contributed by atoms with van der Waals surface area (Å²) in [4.78, 5) is 34.1. The van der Waals surface area contributed by atoms with Gasteiger partial charge in [0, 0.05) is 4.88 Å². The fourth-order valence-corrected chi connectivity index (χ4v) is 4.26. The van der Waals surface area contributed by atoms with Gasteiger partial charge in [-0.15, -0.1) is 11.3 Å². The highest BCUT2D eigenvalue weighted by atomic mass is 32.1. The number of hydrogen-bond donors (Lipinski definition) is 0. The van der Waals surface area contributed by atoms with Crippen molar-refractivity contribution in [2.75, 3.05) is 13.1 Å². The van der Waals surface area contributed by atoms with E-state index in [1.54, 1.807) is 25.2 Å². The Labute approximate surface area is 151 Å². The number of aryl methyl sites for hydroxylation is 2. The molecule has 0 saturated carbocycles. The maximum atomic E-state index is 13.1. The van der Waals surface area contributed by atoms with Crippen molar-refractivity contribution in [2.24, 2.45) is 0 Å². The van der Waals surface area contributed by atoms with E-state index < -0.39 is 5.97 Å². The summed E-state index contributed by atoms with van der Waals surface area (Å²) in [6.45, 7) is 10.1. The molecular formula is C18H25N3O3S. The smallest absolute Gasteiger partial charge is 0.326 e. The zero-order valence-electron chi connectivity index (χ0n) is 15.3. The summed E-state index contributed by atoms with van der Waals surface area (Å²) < 4.78 is 6.75. The Balaban J connectivity index is 2.05. The van der Waals surface area contributed by atoms with E-state index in [2.05, 4.69) is 4.90 Å². The van der Waals surface area contributed by atoms with Gasteiger partial charge in [-0.1, -0.05) is 0 Å². The van der Waals surface area contributed by atoms with Gasteiger partial charge in [0.05, 0.1) is 18.0 Å². The van der Waals surface area contributed by atoms with Crippen molar-refractivity contribution in [3.05, 3.63) is 26.6 Å². The fourth-order valence-electron chi connectivity index (χ4n) is 3.22. The molecule has 3 heterocycles. The van der Waals surface area contributed by atoms with Crippen LogP contribution in [0.5, 0.6) is 0 Å². The van der Waals surface area contributed by atoms with Crippen molar-refractivity contribution in [1.29, 1.82) is 0 Å². The molecule has 0 spiro atoms. The van der Waals surface area contributed by atoms with Crippen molar-refractivity contribution < 1.29 is 9.53 Å². The van der Waals surface area contributed by atoms with E-state index in [4.69, 9.17) is 9.72 Å². The van der Waals surface area contributed by atoms with Crippen molar-refractivity contribution in [1.82, 2.24) is 14.5 Å². The molecule has 3 rings (SSSR count). The molecule has 25 heavy (non-hydrogen) atoms. The van der Waals surface area contributed by atoms with E-state index in [1.165, 1.54) is 17.4 Å². The van der Waals surface area contributed by atoms with Gasteiger partial charge in [-0.3, -0.25) is 19.1 Å². The Hall–Kier alpha value is -1.73. The van der Waals surface area contributed by atoms with E-state index in [0.29, 0.717) is 17.8 Å². The van der Waals surface area contributed by atoms with Gasteiger partial charge < -0.3 is 4.74 Å². The lowest BCUT2D eigenvalue weighted by atomic mass is 10.2. The lowest BCUT2D eigenvalue weighted by Gasteiger charge is -2.18. The van der Waals surface area contributed by atoms with Crippen LogP contribution >= 0.6 is 11.3 Å². The lowest BCUT2D eigenvalue weighted by Crippen LogP contribution is -2.33. The summed E-state index contributed by atoms with van der Waals surface area (Å²) in [5, 5.41) is 0.630. The number of esters is 1. The first-order valence-corrected chi connectivity index (χ1v) is 9.59. The zero-order valence-corrected chi connectivity index (χ0v) is 16.1. The van der Waals surface area contributed by atoms with Crippen LogP contribution in [0.3, 0.4) is 0 Å². The molecule has 1 saturated heterocycles. The number of ether oxygens (including phenoxy) is 1. The fraction of sp³-hybridized carbons (Fsp3) is 0.611. The molecule has 0 aliphatic carbocycles. The number of nitrogens with zero attached hydrogens (tertiary/aromatic N) is 3. The number of fused-ring (bicyclic) bond motifs is 1. The summed E-state index contributed by atoms with van der Waals surface area (Å²) in [5.41, 5.74) is 0.818. The first-order valence-electron chi connectivity index (χ1n) is 8.78.